The number of halogens is 1. The summed E-state index contributed by atoms with van der Waals surface area (Å²) in [6.45, 7) is 0. The number of ketones is 2. The maximum Gasteiger partial charge on any atom is 0.198 e. The van der Waals surface area contributed by atoms with Gasteiger partial charge in [-0.3, -0.25) is 9.59 Å². The summed E-state index contributed by atoms with van der Waals surface area (Å²) < 4.78 is 10.8. The van der Waals surface area contributed by atoms with Gasteiger partial charge in [-0.25, -0.2) is 0 Å². The normalized spacial score (nSPS) is 12.7. The van der Waals surface area contributed by atoms with E-state index < -0.39 is 0 Å². The van der Waals surface area contributed by atoms with Crippen molar-refractivity contribution < 1.29 is 19.1 Å². The van der Waals surface area contributed by atoms with E-state index in [9.17, 15) is 9.59 Å². The lowest BCUT2D eigenvalue weighted by Crippen LogP contribution is -2.22. The van der Waals surface area contributed by atoms with Crippen molar-refractivity contribution in [3.05, 3.63) is 58.1 Å². The van der Waals surface area contributed by atoms with Crippen molar-refractivity contribution in [2.24, 2.45) is 0 Å². The molecule has 0 atom stereocenters. The molecule has 0 bridgehead atoms. The van der Waals surface area contributed by atoms with Crippen LogP contribution in [0.5, 0.6) is 11.5 Å². The Kier molecular flexibility index (Phi) is 3.74. The Bertz CT molecular complexity index is 795. The Morgan fingerprint density at radius 3 is 2.14 bits per heavy atom. The maximum absolute atomic E-state index is 12.8. The summed E-state index contributed by atoms with van der Waals surface area (Å²) in [7, 11) is 3.01. The van der Waals surface area contributed by atoms with Crippen LogP contribution < -0.4 is 9.47 Å². The fourth-order valence-corrected chi connectivity index (χ4v) is 3.30. The molecule has 5 heteroatoms. The van der Waals surface area contributed by atoms with Crippen LogP contribution in [0.4, 0.5) is 0 Å². The Labute approximate surface area is 136 Å². The molecule has 0 unspecified atom stereocenters. The van der Waals surface area contributed by atoms with Crippen molar-refractivity contribution in [3.63, 3.8) is 0 Å². The first-order chi connectivity index (χ1) is 10.6. The summed E-state index contributed by atoms with van der Waals surface area (Å²) in [5.74, 6) is 0.516. The molecule has 0 fully saturated rings. The van der Waals surface area contributed by atoms with Crippen LogP contribution in [0.2, 0.25) is 0 Å². The second-order valence-corrected chi connectivity index (χ2v) is 5.41. The van der Waals surface area contributed by atoms with E-state index in [4.69, 9.17) is 9.47 Å². The highest BCUT2D eigenvalue weighted by atomic mass is 79.9. The zero-order valence-corrected chi connectivity index (χ0v) is 13.7. The van der Waals surface area contributed by atoms with E-state index in [0.29, 0.717) is 44.6 Å². The van der Waals surface area contributed by atoms with Crippen molar-refractivity contribution in [2.75, 3.05) is 14.2 Å². The topological polar surface area (TPSA) is 52.6 Å². The molecule has 0 radical (unpaired) electrons. The summed E-state index contributed by atoms with van der Waals surface area (Å²) in [5, 5.41) is 0.454. The SMILES string of the molecule is COc1cc2c(c(OC)c1CBr)C(=O)c1ccccc1C2=O. The molecule has 112 valence electrons. The zero-order valence-electron chi connectivity index (χ0n) is 12.1. The highest BCUT2D eigenvalue weighted by Crippen LogP contribution is 2.41. The molecule has 1 aliphatic carbocycles. The van der Waals surface area contributed by atoms with Crippen LogP contribution in [-0.2, 0) is 5.33 Å². The van der Waals surface area contributed by atoms with Gasteiger partial charge in [0.25, 0.3) is 0 Å². The van der Waals surface area contributed by atoms with Crippen LogP contribution in [0.3, 0.4) is 0 Å². The summed E-state index contributed by atoms with van der Waals surface area (Å²) >= 11 is 3.38. The largest absolute Gasteiger partial charge is 0.496 e. The molecular formula is C17H13BrO4. The van der Waals surface area contributed by atoms with E-state index in [-0.39, 0.29) is 11.6 Å². The molecule has 0 aromatic heterocycles. The number of carbonyl (C=O) groups excluding carboxylic acids is 2. The van der Waals surface area contributed by atoms with Gasteiger partial charge in [0.2, 0.25) is 0 Å². The Morgan fingerprint density at radius 1 is 0.955 bits per heavy atom. The lowest BCUT2D eigenvalue weighted by Gasteiger charge is -2.22. The van der Waals surface area contributed by atoms with Gasteiger partial charge in [0.15, 0.2) is 11.6 Å². The van der Waals surface area contributed by atoms with E-state index in [2.05, 4.69) is 15.9 Å². The van der Waals surface area contributed by atoms with Gasteiger partial charge in [0.1, 0.15) is 11.5 Å². The summed E-state index contributed by atoms with van der Waals surface area (Å²) in [5.41, 5.74) is 2.16. The summed E-state index contributed by atoms with van der Waals surface area (Å²) in [4.78, 5) is 25.5. The van der Waals surface area contributed by atoms with E-state index in [1.807, 2.05) is 0 Å². The molecule has 0 heterocycles. The summed E-state index contributed by atoms with van der Waals surface area (Å²) in [6.07, 6.45) is 0. The first-order valence-electron chi connectivity index (χ1n) is 6.66. The Balaban J connectivity index is 2.37. The number of fused-ring (bicyclic) bond motifs is 2. The average molecular weight is 361 g/mol. The molecule has 2 aromatic carbocycles. The van der Waals surface area contributed by atoms with Crippen LogP contribution in [0, 0.1) is 0 Å². The van der Waals surface area contributed by atoms with Gasteiger partial charge >= 0.3 is 0 Å². The van der Waals surface area contributed by atoms with Gasteiger partial charge in [0, 0.05) is 27.6 Å². The molecule has 3 rings (SSSR count). The highest BCUT2D eigenvalue weighted by molar-refractivity contribution is 9.08. The van der Waals surface area contributed by atoms with Gasteiger partial charge in [-0.05, 0) is 6.07 Å². The predicted molar refractivity (Wildman–Crippen MR) is 85.5 cm³/mol. The standard InChI is InChI=1S/C17H13BrO4/c1-21-13-7-11-14(17(22-2)12(13)8-18)16(20)10-6-4-3-5-9(10)15(11)19/h3-7H,8H2,1-2H3. The Morgan fingerprint density at radius 2 is 1.59 bits per heavy atom. The predicted octanol–water partition coefficient (Wildman–Crippen LogP) is 3.37. The van der Waals surface area contributed by atoms with Crippen molar-refractivity contribution in [2.45, 2.75) is 5.33 Å². The monoisotopic (exact) mass is 360 g/mol. The van der Waals surface area contributed by atoms with Crippen LogP contribution >= 0.6 is 15.9 Å². The van der Waals surface area contributed by atoms with Crippen molar-refractivity contribution >= 4 is 27.5 Å². The lowest BCUT2D eigenvalue weighted by atomic mass is 9.82. The van der Waals surface area contributed by atoms with E-state index >= 15 is 0 Å². The van der Waals surface area contributed by atoms with E-state index in [1.165, 1.54) is 14.2 Å². The van der Waals surface area contributed by atoms with Crippen molar-refractivity contribution in [1.82, 2.24) is 0 Å². The number of rotatable bonds is 3. The average Bonchev–Trinajstić information content (AvgIpc) is 2.57. The number of methoxy groups -OCH3 is 2. The zero-order chi connectivity index (χ0) is 15.9. The second kappa shape index (κ2) is 5.57. The third-order valence-electron chi connectivity index (χ3n) is 3.79. The maximum atomic E-state index is 12.8. The van der Waals surface area contributed by atoms with Crippen LogP contribution in [0.15, 0.2) is 30.3 Å². The molecule has 0 amide bonds. The fraction of sp³-hybridized carbons (Fsp3) is 0.176. The molecule has 0 saturated heterocycles. The third kappa shape index (κ3) is 1.96. The minimum atomic E-state index is -0.202. The molecule has 22 heavy (non-hydrogen) atoms. The molecule has 0 saturated carbocycles. The lowest BCUT2D eigenvalue weighted by molar-refractivity contribution is 0.0976. The number of benzene rings is 2. The van der Waals surface area contributed by atoms with Crippen LogP contribution in [-0.4, -0.2) is 25.8 Å². The number of hydrogen-bond donors (Lipinski definition) is 0. The minimum Gasteiger partial charge on any atom is -0.496 e. The second-order valence-electron chi connectivity index (χ2n) is 4.85. The smallest absolute Gasteiger partial charge is 0.198 e. The number of carbonyl (C=O) groups is 2. The number of ether oxygens (including phenoxy) is 2. The molecule has 0 N–H and O–H groups in total. The van der Waals surface area contributed by atoms with E-state index in [0.717, 1.165) is 0 Å². The molecule has 2 aromatic rings. The molecule has 1 aliphatic rings. The van der Waals surface area contributed by atoms with Gasteiger partial charge in [-0.1, -0.05) is 40.2 Å². The van der Waals surface area contributed by atoms with Crippen LogP contribution in [0.25, 0.3) is 0 Å². The summed E-state index contributed by atoms with van der Waals surface area (Å²) in [6, 6.07) is 8.43. The number of hydrogen-bond acceptors (Lipinski definition) is 4. The van der Waals surface area contributed by atoms with Crippen molar-refractivity contribution in [3.8, 4) is 11.5 Å². The van der Waals surface area contributed by atoms with Gasteiger partial charge < -0.3 is 9.47 Å². The van der Waals surface area contributed by atoms with Gasteiger partial charge in [0.05, 0.1) is 19.8 Å². The van der Waals surface area contributed by atoms with Crippen molar-refractivity contribution in [1.29, 1.82) is 0 Å². The quantitative estimate of drug-likeness (QED) is 0.672. The Hall–Kier alpha value is -2.14. The van der Waals surface area contributed by atoms with Gasteiger partial charge in [-0.15, -0.1) is 0 Å². The first-order valence-corrected chi connectivity index (χ1v) is 7.78. The molecule has 0 aliphatic heterocycles. The van der Waals surface area contributed by atoms with E-state index in [1.54, 1.807) is 30.3 Å². The highest BCUT2D eigenvalue weighted by Gasteiger charge is 2.34. The minimum absolute atomic E-state index is 0.192. The molecular weight excluding hydrogens is 348 g/mol. The molecule has 0 spiro atoms. The molecule has 4 nitrogen and oxygen atoms in total. The fourth-order valence-electron chi connectivity index (χ4n) is 2.77. The third-order valence-corrected chi connectivity index (χ3v) is 4.35. The number of alkyl halides is 1. The van der Waals surface area contributed by atoms with Crippen LogP contribution in [0.1, 0.15) is 37.4 Å². The van der Waals surface area contributed by atoms with Gasteiger partial charge in [-0.2, -0.15) is 0 Å². The first kappa shape index (κ1) is 14.8.